The van der Waals surface area contributed by atoms with Gasteiger partial charge in [-0.05, 0) is 43.7 Å². The first-order valence-corrected chi connectivity index (χ1v) is 17.0. The number of nitrogens with zero attached hydrogens (tertiary/aromatic N) is 3. The van der Waals surface area contributed by atoms with Crippen molar-refractivity contribution in [2.45, 2.75) is 42.2 Å². The van der Waals surface area contributed by atoms with Crippen molar-refractivity contribution in [3.05, 3.63) is 74.5 Å². The Morgan fingerprint density at radius 3 is 1.98 bits per heavy atom. The Morgan fingerprint density at radius 2 is 1.53 bits per heavy atom. The van der Waals surface area contributed by atoms with Gasteiger partial charge in [0.05, 0.1) is 31.5 Å². The Bertz CT molecular complexity index is 2040. The molecule has 1 heterocycles. The van der Waals surface area contributed by atoms with Crippen LogP contribution in [0.2, 0.25) is 0 Å². The molecule has 19 heteroatoms. The summed E-state index contributed by atoms with van der Waals surface area (Å²) in [6, 6.07) is 4.60. The number of alkyl halides is 3. The number of nitro groups is 1. The molecular weight excluding hydrogens is 675 g/mol. The summed E-state index contributed by atoms with van der Waals surface area (Å²) in [6.45, 7) is 1.41. The molecule has 1 aliphatic rings. The van der Waals surface area contributed by atoms with E-state index in [2.05, 4.69) is 5.10 Å². The molecule has 0 atom stereocenters. The number of aromatic nitrogens is 2. The monoisotopic (exact) mass is 701 g/mol. The van der Waals surface area contributed by atoms with E-state index in [1.165, 1.54) is 14.0 Å². The molecule has 1 fully saturated rings. The van der Waals surface area contributed by atoms with Gasteiger partial charge in [-0.15, -0.1) is 0 Å². The van der Waals surface area contributed by atoms with Gasteiger partial charge in [0.2, 0.25) is 11.7 Å². The molecule has 0 bridgehead atoms. The van der Waals surface area contributed by atoms with Crippen molar-refractivity contribution in [3.63, 3.8) is 0 Å². The van der Waals surface area contributed by atoms with Crippen LogP contribution in [0.3, 0.4) is 0 Å². The molecule has 3 aromatic rings. The van der Waals surface area contributed by atoms with Gasteiger partial charge < -0.3 is 5.11 Å². The number of nitro benzene ring substituents is 1. The van der Waals surface area contributed by atoms with Crippen LogP contribution in [-0.2, 0) is 42.5 Å². The maximum Gasteiger partial charge on any atom is 0.416 e. The second-order valence-electron chi connectivity index (χ2n) is 10.5. The van der Waals surface area contributed by atoms with Crippen LogP contribution in [0, 0.1) is 23.0 Å². The van der Waals surface area contributed by atoms with E-state index in [9.17, 15) is 64.4 Å². The van der Waals surface area contributed by atoms with E-state index in [-0.39, 0.29) is 29.0 Å². The van der Waals surface area contributed by atoms with Crippen molar-refractivity contribution in [2.24, 2.45) is 13.0 Å². The molecule has 1 N–H and O–H groups in total. The highest BCUT2D eigenvalue weighted by atomic mass is 32.2. The van der Waals surface area contributed by atoms with Gasteiger partial charge in [0.15, 0.2) is 37.0 Å². The van der Waals surface area contributed by atoms with E-state index in [0.717, 1.165) is 35.2 Å². The minimum Gasteiger partial charge on any atom is -0.493 e. The van der Waals surface area contributed by atoms with Gasteiger partial charge in [0.25, 0.3) is 5.69 Å². The van der Waals surface area contributed by atoms with Gasteiger partial charge in [0, 0.05) is 44.0 Å². The molecule has 4 rings (SSSR count). The highest BCUT2D eigenvalue weighted by Gasteiger charge is 2.39. The molecule has 0 unspecified atom stereocenters. The number of hydrogen-bond acceptors (Lipinski definition) is 12. The number of sulfone groups is 2. The summed E-state index contributed by atoms with van der Waals surface area (Å²) < 4.78 is 86.1. The quantitative estimate of drug-likeness (QED) is 0.163. The normalized spacial score (nSPS) is 14.4. The number of aryl methyl sites for hydroxylation is 2. The largest absolute Gasteiger partial charge is 0.493 e. The molecule has 1 aliphatic carbocycles. The van der Waals surface area contributed by atoms with Crippen molar-refractivity contribution in [1.29, 1.82) is 0 Å². The number of halogens is 3. The number of Topliss-reactive ketones (excluding diaryl/α,β-unsaturated/α-hetero) is 3. The van der Waals surface area contributed by atoms with Crippen molar-refractivity contribution in [1.82, 2.24) is 9.78 Å². The summed E-state index contributed by atoms with van der Waals surface area (Å²) >= 11 is 0. The first-order valence-electron chi connectivity index (χ1n) is 13.2. The minimum atomic E-state index is -4.76. The zero-order chi connectivity index (χ0) is 35.8. The minimum absolute atomic E-state index is 0.0668. The van der Waals surface area contributed by atoms with E-state index < -0.39 is 93.0 Å². The highest BCUT2D eigenvalue weighted by molar-refractivity contribution is 7.91. The van der Waals surface area contributed by atoms with Crippen molar-refractivity contribution < 1.29 is 59.2 Å². The average Bonchev–Trinajstić information content (AvgIpc) is 3.21. The highest BCUT2D eigenvalue weighted by Crippen LogP contribution is 2.34. The zero-order valence-corrected chi connectivity index (χ0v) is 26.6. The molecule has 1 saturated carbocycles. The van der Waals surface area contributed by atoms with E-state index >= 15 is 0 Å². The van der Waals surface area contributed by atoms with Gasteiger partial charge in [-0.3, -0.25) is 29.3 Å². The second-order valence-corrected chi connectivity index (χ2v) is 14.5. The van der Waals surface area contributed by atoms with Crippen molar-refractivity contribution in [2.75, 3.05) is 12.5 Å². The standard InChI is InChI=1S/C14H13F3N2O4S.C14H13NO7S/c1-7-11(13(21)19(2)18-7)12(20)9-5-4-8(14(15,16)17)6-10(9)24(3,22)23;1-23(21,22)8-5-6-9(10(7-8)15(19)20)14(18)13-11(16)3-2-4-12(13)17/h4-6,21H,1-3H3;5-7,13H,2-4H2,1H3. The fourth-order valence-electron chi connectivity index (χ4n) is 4.69. The topological polar surface area (TPSA) is 218 Å². The molecule has 0 amide bonds. The number of ketones is 4. The van der Waals surface area contributed by atoms with Gasteiger partial charge in [-0.25, -0.2) is 21.5 Å². The zero-order valence-electron chi connectivity index (χ0n) is 25.0. The van der Waals surface area contributed by atoms with Crippen LogP contribution in [-0.4, -0.2) is 72.3 Å². The Kier molecular flexibility index (Phi) is 10.3. The summed E-state index contributed by atoms with van der Waals surface area (Å²) in [5.41, 5.74) is -2.95. The van der Waals surface area contributed by atoms with Gasteiger partial charge in [-0.1, -0.05) is 0 Å². The summed E-state index contributed by atoms with van der Waals surface area (Å²) in [5.74, 6) is -5.04. The molecule has 0 saturated heterocycles. The van der Waals surface area contributed by atoms with Gasteiger partial charge in [0.1, 0.15) is 11.5 Å². The van der Waals surface area contributed by atoms with Crippen LogP contribution in [0.5, 0.6) is 5.88 Å². The number of rotatable bonds is 7. The molecule has 1 aromatic heterocycles. The van der Waals surface area contributed by atoms with E-state index in [1.807, 2.05) is 0 Å². The van der Waals surface area contributed by atoms with E-state index in [1.54, 1.807) is 0 Å². The van der Waals surface area contributed by atoms with Crippen LogP contribution in [0.4, 0.5) is 18.9 Å². The second kappa shape index (κ2) is 13.1. The van der Waals surface area contributed by atoms with Crippen LogP contribution < -0.4 is 0 Å². The molecule has 47 heavy (non-hydrogen) atoms. The molecule has 0 radical (unpaired) electrons. The summed E-state index contributed by atoms with van der Waals surface area (Å²) in [5, 5.41) is 24.8. The van der Waals surface area contributed by atoms with Crippen LogP contribution in [0.15, 0.2) is 46.2 Å². The molecule has 2 aromatic carbocycles. The maximum atomic E-state index is 12.8. The fourth-order valence-corrected chi connectivity index (χ4v) is 6.24. The lowest BCUT2D eigenvalue weighted by molar-refractivity contribution is -0.385. The lowest BCUT2D eigenvalue weighted by atomic mass is 9.81. The Hall–Kier alpha value is -4.78. The lowest BCUT2D eigenvalue weighted by Gasteiger charge is -2.18. The van der Waals surface area contributed by atoms with Crippen LogP contribution >= 0.6 is 0 Å². The smallest absolute Gasteiger partial charge is 0.416 e. The third kappa shape index (κ3) is 7.97. The summed E-state index contributed by atoms with van der Waals surface area (Å²) in [7, 11) is -6.45. The Balaban J connectivity index is 0.000000256. The van der Waals surface area contributed by atoms with E-state index in [0.29, 0.717) is 24.8 Å². The predicted molar refractivity (Wildman–Crippen MR) is 155 cm³/mol. The molecule has 252 valence electrons. The first-order chi connectivity index (χ1) is 21.5. The maximum absolute atomic E-state index is 12.8. The van der Waals surface area contributed by atoms with Crippen molar-refractivity contribution >= 4 is 48.5 Å². The summed E-state index contributed by atoms with van der Waals surface area (Å²) in [6.07, 6.45) is -2.68. The lowest BCUT2D eigenvalue weighted by Crippen LogP contribution is -2.35. The molecular formula is C28H26F3N3O11S2. The average molecular weight is 702 g/mol. The van der Waals surface area contributed by atoms with Gasteiger partial charge >= 0.3 is 6.18 Å². The number of benzene rings is 2. The van der Waals surface area contributed by atoms with Crippen molar-refractivity contribution in [3.8, 4) is 5.88 Å². The predicted octanol–water partition coefficient (Wildman–Crippen LogP) is 3.21. The third-order valence-electron chi connectivity index (χ3n) is 6.98. The SMILES string of the molecule is CS(=O)(=O)c1ccc(C(=O)C2C(=O)CCCC2=O)c([N+](=O)[O-])c1.Cc1nn(C)c(O)c1C(=O)c1ccc(C(F)(F)F)cc1S(C)(=O)=O. The number of carbonyl (C=O) groups is 4. The van der Waals surface area contributed by atoms with Crippen LogP contribution in [0.1, 0.15) is 56.8 Å². The van der Waals surface area contributed by atoms with E-state index in [4.69, 9.17) is 0 Å². The number of carbonyl (C=O) groups excluding carboxylic acids is 4. The van der Waals surface area contributed by atoms with Crippen LogP contribution in [0.25, 0.3) is 0 Å². The number of aromatic hydroxyl groups is 1. The Morgan fingerprint density at radius 1 is 0.979 bits per heavy atom. The van der Waals surface area contributed by atoms with Gasteiger partial charge in [-0.2, -0.15) is 18.3 Å². The Labute approximate surface area is 265 Å². The summed E-state index contributed by atoms with van der Waals surface area (Å²) in [4.78, 5) is 57.8. The fraction of sp³-hybridized carbons (Fsp3) is 0.321. The molecule has 14 nitrogen and oxygen atoms in total. The molecule has 0 aliphatic heterocycles. The third-order valence-corrected chi connectivity index (χ3v) is 9.23. The number of hydrogen-bond donors (Lipinski definition) is 1. The first kappa shape index (κ1) is 36.7. The molecule has 0 spiro atoms.